The van der Waals surface area contributed by atoms with E-state index in [1.807, 2.05) is 0 Å². The van der Waals surface area contributed by atoms with Gasteiger partial charge < -0.3 is 9.47 Å². The monoisotopic (exact) mass is 227 g/mol. The predicted octanol–water partition coefficient (Wildman–Crippen LogP) is 1.31. The van der Waals surface area contributed by atoms with Crippen LogP contribution in [0.5, 0.6) is 0 Å². The van der Waals surface area contributed by atoms with Gasteiger partial charge in [0.15, 0.2) is 0 Å². The predicted molar refractivity (Wildman–Crippen MR) is 55.8 cm³/mol. The molecule has 0 aromatic heterocycles. The maximum absolute atomic E-state index is 11.8. The van der Waals surface area contributed by atoms with Gasteiger partial charge in [0.2, 0.25) is 5.91 Å². The molecule has 0 spiro atoms. The van der Waals surface area contributed by atoms with Crippen molar-refractivity contribution in [2.75, 3.05) is 6.61 Å². The summed E-state index contributed by atoms with van der Waals surface area (Å²) in [6.45, 7) is 5.99. The molecular weight excluding hydrogens is 210 g/mol. The van der Waals surface area contributed by atoms with E-state index >= 15 is 0 Å². The summed E-state index contributed by atoms with van der Waals surface area (Å²) in [5, 5.41) is 0. The number of imide groups is 1. The van der Waals surface area contributed by atoms with E-state index in [0.29, 0.717) is 19.4 Å². The van der Waals surface area contributed by atoms with Gasteiger partial charge in [0.05, 0.1) is 12.6 Å². The summed E-state index contributed by atoms with van der Waals surface area (Å²) in [6, 6.07) is -0.123. The Morgan fingerprint density at radius 1 is 1.50 bits per heavy atom. The van der Waals surface area contributed by atoms with Crippen molar-refractivity contribution in [3.63, 3.8) is 0 Å². The topological polar surface area (TPSA) is 59.1 Å². The van der Waals surface area contributed by atoms with Crippen LogP contribution in [0.2, 0.25) is 0 Å². The maximum atomic E-state index is 11.8. The Balaban J connectivity index is 2.05. The van der Waals surface area contributed by atoms with Crippen molar-refractivity contribution in [2.45, 2.75) is 51.4 Å². The lowest BCUT2D eigenvalue weighted by molar-refractivity contribution is -0.128. The number of rotatable bonds is 1. The lowest BCUT2D eigenvalue weighted by Crippen LogP contribution is -2.44. The highest BCUT2D eigenvalue weighted by Gasteiger charge is 2.47. The molecule has 0 saturated carbocycles. The van der Waals surface area contributed by atoms with Crippen molar-refractivity contribution in [3.05, 3.63) is 0 Å². The third-order valence-electron chi connectivity index (χ3n) is 2.63. The van der Waals surface area contributed by atoms with E-state index in [9.17, 15) is 9.59 Å². The minimum atomic E-state index is -0.574. The zero-order chi connectivity index (χ0) is 11.9. The molecule has 0 bridgehead atoms. The average molecular weight is 227 g/mol. The summed E-state index contributed by atoms with van der Waals surface area (Å²) in [7, 11) is 0. The largest absolute Gasteiger partial charge is 0.443 e. The second kappa shape index (κ2) is 3.73. The van der Waals surface area contributed by atoms with Crippen LogP contribution in [0.15, 0.2) is 0 Å². The Kier molecular flexibility index (Phi) is 2.66. The zero-order valence-electron chi connectivity index (χ0n) is 9.86. The van der Waals surface area contributed by atoms with E-state index in [-0.39, 0.29) is 18.1 Å². The third-order valence-corrected chi connectivity index (χ3v) is 2.63. The fourth-order valence-electron chi connectivity index (χ4n) is 1.88. The molecule has 2 rings (SSSR count). The highest BCUT2D eigenvalue weighted by atomic mass is 16.6. The Morgan fingerprint density at radius 3 is 2.62 bits per heavy atom. The van der Waals surface area contributed by atoms with E-state index in [0.717, 1.165) is 0 Å². The van der Waals surface area contributed by atoms with Crippen molar-refractivity contribution in [1.82, 2.24) is 4.90 Å². The van der Waals surface area contributed by atoms with E-state index in [1.165, 1.54) is 4.90 Å². The number of amides is 2. The highest BCUT2D eigenvalue weighted by molar-refractivity contribution is 5.94. The van der Waals surface area contributed by atoms with Gasteiger partial charge in [-0.3, -0.25) is 4.79 Å². The number of carbonyl (C=O) groups excluding carboxylic acids is 2. The minimum Gasteiger partial charge on any atom is -0.443 e. The van der Waals surface area contributed by atoms with Gasteiger partial charge in [0.25, 0.3) is 0 Å². The molecule has 0 aliphatic carbocycles. The Bertz CT molecular complexity index is 316. The number of hydrogen-bond acceptors (Lipinski definition) is 4. The first-order valence-electron chi connectivity index (χ1n) is 5.55. The van der Waals surface area contributed by atoms with Gasteiger partial charge in [-0.1, -0.05) is 0 Å². The normalized spacial score (nSPS) is 29.4. The molecule has 2 aliphatic rings. The van der Waals surface area contributed by atoms with Crippen molar-refractivity contribution in [1.29, 1.82) is 0 Å². The maximum Gasteiger partial charge on any atom is 0.417 e. The molecule has 2 aliphatic heterocycles. The van der Waals surface area contributed by atoms with Gasteiger partial charge in [-0.15, -0.1) is 0 Å². The van der Waals surface area contributed by atoms with Crippen LogP contribution in [0.25, 0.3) is 0 Å². The smallest absolute Gasteiger partial charge is 0.417 e. The van der Waals surface area contributed by atoms with E-state index in [1.54, 1.807) is 20.8 Å². The second-order valence-corrected chi connectivity index (χ2v) is 5.22. The molecular formula is C11H17NO4. The molecule has 0 radical (unpaired) electrons. The fourth-order valence-corrected chi connectivity index (χ4v) is 1.88. The summed E-state index contributed by atoms with van der Waals surface area (Å²) in [6.07, 6.45) is 0.571. The fraction of sp³-hybridized carbons (Fsp3) is 0.818. The van der Waals surface area contributed by atoms with Crippen molar-refractivity contribution < 1.29 is 19.1 Å². The van der Waals surface area contributed by atoms with Crippen LogP contribution in [0.3, 0.4) is 0 Å². The summed E-state index contributed by atoms with van der Waals surface area (Å²) < 4.78 is 10.4. The van der Waals surface area contributed by atoms with Gasteiger partial charge >= 0.3 is 6.09 Å². The first-order valence-corrected chi connectivity index (χ1v) is 5.55. The van der Waals surface area contributed by atoms with Crippen molar-refractivity contribution in [2.24, 2.45) is 0 Å². The number of hydrogen-bond donors (Lipinski definition) is 0. The van der Waals surface area contributed by atoms with Crippen LogP contribution in [-0.4, -0.2) is 41.3 Å². The van der Waals surface area contributed by atoms with Crippen LogP contribution in [0, 0.1) is 0 Å². The highest BCUT2D eigenvalue weighted by Crippen LogP contribution is 2.30. The van der Waals surface area contributed by atoms with Crippen molar-refractivity contribution in [3.8, 4) is 0 Å². The van der Waals surface area contributed by atoms with Gasteiger partial charge in [0, 0.05) is 6.42 Å². The molecule has 5 nitrogen and oxygen atoms in total. The molecule has 0 aromatic rings. The number of carbonyl (C=O) groups is 2. The first-order chi connectivity index (χ1) is 7.38. The summed E-state index contributed by atoms with van der Waals surface area (Å²) in [5.41, 5.74) is -0.574. The molecule has 0 unspecified atom stereocenters. The zero-order valence-corrected chi connectivity index (χ0v) is 9.86. The van der Waals surface area contributed by atoms with Gasteiger partial charge in [-0.25, -0.2) is 9.69 Å². The van der Waals surface area contributed by atoms with E-state index < -0.39 is 11.7 Å². The molecule has 0 aromatic carbocycles. The van der Waals surface area contributed by atoms with Gasteiger partial charge in [0.1, 0.15) is 11.7 Å². The van der Waals surface area contributed by atoms with Crippen LogP contribution in [0.4, 0.5) is 4.79 Å². The lowest BCUT2D eigenvalue weighted by atomic mass is 10.1. The number of likely N-dealkylation sites (tertiary alicyclic amines) is 1. The molecule has 2 saturated heterocycles. The Labute approximate surface area is 94.7 Å². The summed E-state index contributed by atoms with van der Waals surface area (Å²) in [5.74, 6) is -0.158. The molecule has 16 heavy (non-hydrogen) atoms. The minimum absolute atomic E-state index is 0.0268. The Morgan fingerprint density at radius 2 is 2.12 bits per heavy atom. The van der Waals surface area contributed by atoms with Gasteiger partial charge in [-0.05, 0) is 27.2 Å². The van der Waals surface area contributed by atoms with E-state index in [2.05, 4.69) is 0 Å². The van der Waals surface area contributed by atoms with Crippen LogP contribution >= 0.6 is 0 Å². The van der Waals surface area contributed by atoms with Crippen molar-refractivity contribution >= 4 is 12.0 Å². The average Bonchev–Trinajstić information content (AvgIpc) is 2.87. The molecule has 2 atom stereocenters. The van der Waals surface area contributed by atoms with Crippen LogP contribution in [-0.2, 0) is 14.3 Å². The molecule has 0 N–H and O–H groups in total. The standard InChI is InChI=1S/C11H17NO4/c1-11(2,3)16-10(14)12-7(8-6-15-8)4-5-9(12)13/h7-8H,4-6H2,1-3H3/t7-,8-/m1/s1. The number of nitrogens with zero attached hydrogens (tertiary/aromatic N) is 1. The molecule has 2 heterocycles. The van der Waals surface area contributed by atoms with Crippen LogP contribution < -0.4 is 0 Å². The van der Waals surface area contributed by atoms with E-state index in [4.69, 9.17) is 9.47 Å². The number of epoxide rings is 1. The summed E-state index contributed by atoms with van der Waals surface area (Å²) >= 11 is 0. The molecule has 2 amide bonds. The quantitative estimate of drug-likeness (QED) is 0.634. The Hall–Kier alpha value is -1.10. The summed E-state index contributed by atoms with van der Waals surface area (Å²) in [4.78, 5) is 24.7. The second-order valence-electron chi connectivity index (χ2n) is 5.22. The lowest BCUT2D eigenvalue weighted by Gasteiger charge is -2.26. The third kappa shape index (κ3) is 2.35. The SMILES string of the molecule is CC(C)(C)OC(=O)N1C(=O)CC[C@@H]1[C@H]1CO1. The number of ether oxygens (including phenoxy) is 2. The van der Waals surface area contributed by atoms with Crippen LogP contribution in [0.1, 0.15) is 33.6 Å². The molecule has 90 valence electrons. The molecule has 2 fully saturated rings. The van der Waals surface area contributed by atoms with Gasteiger partial charge in [-0.2, -0.15) is 0 Å². The molecule has 5 heteroatoms. The first kappa shape index (κ1) is 11.4.